The summed E-state index contributed by atoms with van der Waals surface area (Å²) in [4.78, 5) is 45.1. The second-order valence-corrected chi connectivity index (χ2v) is 13.4. The normalized spacial score (nSPS) is 23.8. The zero-order valence-electron chi connectivity index (χ0n) is 23.5. The number of rotatable bonds is 10. The van der Waals surface area contributed by atoms with Crippen molar-refractivity contribution in [2.75, 3.05) is 13.7 Å². The molecule has 220 valence electrons. The molecule has 1 aromatic heterocycles. The zero-order chi connectivity index (χ0) is 29.7. The van der Waals surface area contributed by atoms with Gasteiger partial charge in [-0.05, 0) is 54.7 Å². The fraction of sp³-hybridized carbons (Fsp3) is 0.593. The fourth-order valence-electron chi connectivity index (χ4n) is 6.01. The van der Waals surface area contributed by atoms with Gasteiger partial charge in [0.1, 0.15) is 23.5 Å². The quantitative estimate of drug-likeness (QED) is 0.263. The summed E-state index contributed by atoms with van der Waals surface area (Å²) >= 11 is 0. The number of fused-ring (bicyclic) bond motifs is 2. The highest BCUT2D eigenvalue weighted by Gasteiger charge is 2.69. The monoisotopic (exact) mass is 578 g/mol. The molecule has 0 radical (unpaired) electrons. The Bertz CT molecular complexity index is 1420. The van der Waals surface area contributed by atoms with Gasteiger partial charge in [0.05, 0.1) is 13.2 Å². The minimum atomic E-state index is -4.81. The summed E-state index contributed by atoms with van der Waals surface area (Å²) in [5.74, 6) is -1.01. The van der Waals surface area contributed by atoms with E-state index in [1.165, 1.54) is 18.9 Å². The number of aliphatic hydroxyl groups is 1. The molecule has 1 aliphatic heterocycles. The van der Waals surface area contributed by atoms with Gasteiger partial charge in [-0.3, -0.25) is 18.9 Å². The summed E-state index contributed by atoms with van der Waals surface area (Å²) in [6.45, 7) is 9.40. The number of carbonyl (C=O) groups is 3. The number of likely N-dealkylation sites (tertiary alicyclic amines) is 1. The van der Waals surface area contributed by atoms with Crippen LogP contribution < -0.4 is 15.4 Å². The van der Waals surface area contributed by atoms with Crippen molar-refractivity contribution in [1.29, 1.82) is 0 Å². The largest absolute Gasteiger partial charge is 0.496 e. The standard InChI is InChI=1S/C27H38N4O8S/c1-13(2)10-19(30-23(32)18-11-15-17(29-18)8-7-9-20(15)39-6)25(34)31-12-16-21(27(16,4)5)22(31)24(33)28-14(3)26(35)40(36,37)38/h7-9,11,13-14,16,19,21-22,26,29,35H,10,12H2,1-6H3,(H,28,33)(H,30,32)(H,36,37,38)/t14-,16-,19-,21-,22-,26?/m0/s1. The van der Waals surface area contributed by atoms with Crippen molar-refractivity contribution in [3.05, 3.63) is 30.0 Å². The molecule has 40 heavy (non-hydrogen) atoms. The Balaban J connectivity index is 1.56. The number of hydrogen-bond acceptors (Lipinski definition) is 7. The Hall–Kier alpha value is -3.16. The number of benzene rings is 1. The SMILES string of the molecule is COc1cccc2[nH]c(C(=O)N[C@@H](CC(C)C)C(=O)N3C[C@H]4[C@@H]([C@H]3C(=O)N[C@@H](C)C(O)S(=O)(=O)O)C4(C)C)cc12. The number of aromatic nitrogens is 1. The van der Waals surface area contributed by atoms with Gasteiger partial charge in [0, 0.05) is 17.4 Å². The molecule has 2 heterocycles. The zero-order valence-corrected chi connectivity index (χ0v) is 24.3. The maximum absolute atomic E-state index is 13.9. The summed E-state index contributed by atoms with van der Waals surface area (Å²) in [6, 6.07) is 3.89. The van der Waals surface area contributed by atoms with E-state index in [0.717, 1.165) is 5.39 Å². The van der Waals surface area contributed by atoms with Crippen molar-refractivity contribution in [3.8, 4) is 5.75 Å². The molecular formula is C27H38N4O8S. The van der Waals surface area contributed by atoms with Crippen LogP contribution in [0.15, 0.2) is 24.3 Å². The van der Waals surface area contributed by atoms with Gasteiger partial charge in [-0.1, -0.05) is 33.8 Å². The molecule has 13 heteroatoms. The molecule has 1 saturated heterocycles. The topological polar surface area (TPSA) is 178 Å². The van der Waals surface area contributed by atoms with Gasteiger partial charge in [-0.2, -0.15) is 8.42 Å². The molecule has 0 bridgehead atoms. The average Bonchev–Trinajstić information content (AvgIpc) is 3.25. The Morgan fingerprint density at radius 2 is 1.88 bits per heavy atom. The maximum Gasteiger partial charge on any atom is 0.294 e. The second-order valence-electron chi connectivity index (χ2n) is 11.9. The number of ether oxygens (including phenoxy) is 1. The highest BCUT2D eigenvalue weighted by Crippen LogP contribution is 2.65. The van der Waals surface area contributed by atoms with Crippen LogP contribution in [0.3, 0.4) is 0 Å². The van der Waals surface area contributed by atoms with E-state index in [2.05, 4.69) is 15.6 Å². The molecule has 1 unspecified atom stereocenters. The van der Waals surface area contributed by atoms with E-state index in [9.17, 15) is 32.5 Å². The molecule has 6 atom stereocenters. The van der Waals surface area contributed by atoms with Crippen LogP contribution in [0.5, 0.6) is 5.75 Å². The molecule has 1 saturated carbocycles. The molecule has 2 aromatic rings. The van der Waals surface area contributed by atoms with Gasteiger partial charge in [0.2, 0.25) is 17.3 Å². The lowest BCUT2D eigenvalue weighted by Crippen LogP contribution is -2.58. The molecule has 12 nitrogen and oxygen atoms in total. The first kappa shape index (κ1) is 29.8. The van der Waals surface area contributed by atoms with Gasteiger partial charge < -0.3 is 30.4 Å². The highest BCUT2D eigenvalue weighted by molar-refractivity contribution is 7.86. The molecule has 3 amide bonds. The molecule has 1 aliphatic carbocycles. The van der Waals surface area contributed by atoms with Crippen molar-refractivity contribution >= 4 is 38.7 Å². The predicted molar refractivity (Wildman–Crippen MR) is 147 cm³/mol. The number of hydrogen-bond donors (Lipinski definition) is 5. The van der Waals surface area contributed by atoms with Crippen LogP contribution in [0.4, 0.5) is 0 Å². The van der Waals surface area contributed by atoms with E-state index in [0.29, 0.717) is 24.2 Å². The maximum atomic E-state index is 13.9. The molecule has 2 fully saturated rings. The van der Waals surface area contributed by atoms with Gasteiger partial charge in [-0.15, -0.1) is 0 Å². The van der Waals surface area contributed by atoms with Crippen molar-refractivity contribution in [3.63, 3.8) is 0 Å². The van der Waals surface area contributed by atoms with Crippen LogP contribution in [-0.4, -0.2) is 82.9 Å². The lowest BCUT2D eigenvalue weighted by molar-refractivity contribution is -0.142. The molecule has 2 aliphatic rings. The van der Waals surface area contributed by atoms with Gasteiger partial charge in [0.25, 0.3) is 16.0 Å². The molecular weight excluding hydrogens is 540 g/mol. The third-order valence-corrected chi connectivity index (χ3v) is 9.28. The summed E-state index contributed by atoms with van der Waals surface area (Å²) in [5, 5.41) is 15.9. The number of piperidine rings is 1. The average molecular weight is 579 g/mol. The number of nitrogens with zero attached hydrogens (tertiary/aromatic N) is 1. The first-order chi connectivity index (χ1) is 18.6. The van der Waals surface area contributed by atoms with E-state index >= 15 is 0 Å². The van der Waals surface area contributed by atoms with Crippen molar-refractivity contribution in [1.82, 2.24) is 20.5 Å². The lowest BCUT2D eigenvalue weighted by atomic mass is 9.97. The lowest BCUT2D eigenvalue weighted by Gasteiger charge is -2.34. The Morgan fingerprint density at radius 1 is 1.20 bits per heavy atom. The van der Waals surface area contributed by atoms with Crippen molar-refractivity contribution in [2.45, 2.75) is 64.6 Å². The van der Waals surface area contributed by atoms with E-state index in [4.69, 9.17) is 4.74 Å². The third-order valence-electron chi connectivity index (χ3n) is 8.26. The summed E-state index contributed by atoms with van der Waals surface area (Å²) in [7, 11) is -3.27. The molecule has 0 spiro atoms. The number of methoxy groups -OCH3 is 1. The van der Waals surface area contributed by atoms with Crippen molar-refractivity contribution < 1.29 is 37.2 Å². The van der Waals surface area contributed by atoms with Crippen molar-refractivity contribution in [2.24, 2.45) is 23.2 Å². The van der Waals surface area contributed by atoms with Crippen LogP contribution in [0.25, 0.3) is 10.9 Å². The van der Waals surface area contributed by atoms with E-state index in [1.807, 2.05) is 33.8 Å². The van der Waals surface area contributed by atoms with Crippen LogP contribution >= 0.6 is 0 Å². The Kier molecular flexibility index (Phi) is 7.96. The second kappa shape index (κ2) is 10.7. The van der Waals surface area contributed by atoms with Gasteiger partial charge >= 0.3 is 0 Å². The van der Waals surface area contributed by atoms with Crippen LogP contribution in [-0.2, 0) is 19.7 Å². The Morgan fingerprint density at radius 3 is 2.48 bits per heavy atom. The number of aromatic amines is 1. The number of aliphatic hydroxyl groups excluding tert-OH is 1. The number of carbonyl (C=O) groups excluding carboxylic acids is 3. The highest BCUT2D eigenvalue weighted by atomic mass is 32.2. The Labute approximate surface area is 233 Å². The summed E-state index contributed by atoms with van der Waals surface area (Å²) in [6.07, 6.45) is 0.329. The number of nitrogens with one attached hydrogen (secondary N) is 3. The summed E-state index contributed by atoms with van der Waals surface area (Å²) in [5.41, 5.74) is -1.47. The van der Waals surface area contributed by atoms with Crippen LogP contribution in [0, 0.1) is 23.2 Å². The predicted octanol–water partition coefficient (Wildman–Crippen LogP) is 1.51. The summed E-state index contributed by atoms with van der Waals surface area (Å²) < 4.78 is 37.3. The first-order valence-corrected chi connectivity index (χ1v) is 14.8. The first-order valence-electron chi connectivity index (χ1n) is 13.3. The minimum absolute atomic E-state index is 0.0443. The van der Waals surface area contributed by atoms with Crippen LogP contribution in [0.1, 0.15) is 51.5 Å². The van der Waals surface area contributed by atoms with Crippen LogP contribution in [0.2, 0.25) is 0 Å². The van der Waals surface area contributed by atoms with E-state index < -0.39 is 51.4 Å². The molecule has 5 N–H and O–H groups in total. The molecule has 4 rings (SSSR count). The third kappa shape index (κ3) is 5.54. The number of amides is 3. The fourth-order valence-corrected chi connectivity index (χ4v) is 6.59. The van der Waals surface area contributed by atoms with E-state index in [-0.39, 0.29) is 28.9 Å². The minimum Gasteiger partial charge on any atom is -0.496 e. The van der Waals surface area contributed by atoms with Gasteiger partial charge in [-0.25, -0.2) is 0 Å². The smallest absolute Gasteiger partial charge is 0.294 e. The number of H-pyrrole nitrogens is 1. The van der Waals surface area contributed by atoms with E-state index in [1.54, 1.807) is 18.2 Å². The van der Waals surface area contributed by atoms with Gasteiger partial charge in [0.15, 0.2) is 0 Å². The molecule has 1 aromatic carbocycles.